The predicted molar refractivity (Wildman–Crippen MR) is 86.2 cm³/mol. The largest absolute Gasteiger partial charge is 0.307 e. The van der Waals surface area contributed by atoms with E-state index >= 15 is 0 Å². The van der Waals surface area contributed by atoms with Gasteiger partial charge in [0.1, 0.15) is 0 Å². The molecule has 1 fully saturated rings. The normalized spacial score (nSPS) is 18.5. The summed E-state index contributed by atoms with van der Waals surface area (Å²) in [7, 11) is 0. The topological polar surface area (TPSA) is 28.2 Å². The minimum atomic E-state index is 0.496. The highest BCUT2D eigenvalue weighted by Gasteiger charge is 2.13. The van der Waals surface area contributed by atoms with Gasteiger partial charge in [-0.3, -0.25) is 4.98 Å². The van der Waals surface area contributed by atoms with Crippen molar-refractivity contribution in [1.82, 2.24) is 15.2 Å². The minimum Gasteiger partial charge on any atom is -0.307 e. The lowest BCUT2D eigenvalue weighted by molar-refractivity contribution is 0.208. The Balaban J connectivity index is 1.77. The first kappa shape index (κ1) is 15.4. The van der Waals surface area contributed by atoms with Crippen LogP contribution in [0.25, 0.3) is 0 Å². The summed E-state index contributed by atoms with van der Waals surface area (Å²) >= 11 is 6.98. The van der Waals surface area contributed by atoms with Crippen molar-refractivity contribution in [3.63, 3.8) is 0 Å². The number of piperidine rings is 1. The number of likely N-dealkylation sites (tertiary alicyclic amines) is 1. The fourth-order valence-electron chi connectivity index (χ4n) is 2.44. The Labute approximate surface area is 132 Å². The first-order chi connectivity index (χ1) is 9.15. The van der Waals surface area contributed by atoms with Crippen molar-refractivity contribution in [2.24, 2.45) is 0 Å². The van der Waals surface area contributed by atoms with Crippen LogP contribution in [0, 0.1) is 0 Å². The lowest BCUT2D eigenvalue weighted by Crippen LogP contribution is -2.41. The van der Waals surface area contributed by atoms with E-state index in [0.717, 1.165) is 27.7 Å². The summed E-state index contributed by atoms with van der Waals surface area (Å²) in [5.74, 6) is 0. The molecule has 0 saturated carbocycles. The molecule has 0 spiro atoms. The van der Waals surface area contributed by atoms with E-state index in [1.54, 1.807) is 0 Å². The lowest BCUT2D eigenvalue weighted by atomic mass is 10.1. The second-order valence-corrected chi connectivity index (χ2v) is 7.00. The zero-order chi connectivity index (χ0) is 13.7. The van der Waals surface area contributed by atoms with Crippen LogP contribution in [0.1, 0.15) is 31.9 Å². The molecular formula is C14H21Br2N3. The van der Waals surface area contributed by atoms with Gasteiger partial charge in [0.15, 0.2) is 0 Å². The molecule has 1 N–H and O–H groups in total. The SMILES string of the molecule is CC(CN1CCCCC1)NCc1ncc(Br)cc1Br. The fraction of sp³-hybridized carbons (Fsp3) is 0.643. The van der Waals surface area contributed by atoms with Crippen LogP contribution in [0.4, 0.5) is 0 Å². The zero-order valence-electron chi connectivity index (χ0n) is 11.3. The van der Waals surface area contributed by atoms with Gasteiger partial charge in [0, 0.05) is 34.3 Å². The van der Waals surface area contributed by atoms with Gasteiger partial charge in [-0.15, -0.1) is 0 Å². The molecule has 106 valence electrons. The van der Waals surface area contributed by atoms with E-state index in [4.69, 9.17) is 0 Å². The number of pyridine rings is 1. The summed E-state index contributed by atoms with van der Waals surface area (Å²) in [5, 5.41) is 3.56. The van der Waals surface area contributed by atoms with Gasteiger partial charge >= 0.3 is 0 Å². The molecule has 0 aromatic carbocycles. The van der Waals surface area contributed by atoms with Crippen molar-refractivity contribution in [2.75, 3.05) is 19.6 Å². The molecule has 0 radical (unpaired) electrons. The molecule has 0 amide bonds. The Kier molecular flexibility index (Phi) is 6.26. The Morgan fingerprint density at radius 2 is 2.05 bits per heavy atom. The molecule has 0 aliphatic carbocycles. The molecular weight excluding hydrogens is 370 g/mol. The van der Waals surface area contributed by atoms with Gasteiger partial charge in [0.05, 0.1) is 5.69 Å². The standard InChI is InChI=1S/C14H21Br2N3/c1-11(10-19-5-3-2-4-6-19)17-9-14-13(16)7-12(15)8-18-14/h7-8,11,17H,2-6,9-10H2,1H3. The second-order valence-electron chi connectivity index (χ2n) is 5.23. The molecule has 2 rings (SSSR count). The maximum absolute atomic E-state index is 4.43. The van der Waals surface area contributed by atoms with Crippen LogP contribution in [-0.2, 0) is 6.54 Å². The van der Waals surface area contributed by atoms with Crippen molar-refractivity contribution in [3.05, 3.63) is 26.9 Å². The summed E-state index contributed by atoms with van der Waals surface area (Å²) in [4.78, 5) is 6.99. The Bertz CT molecular complexity index is 406. The van der Waals surface area contributed by atoms with E-state index in [0.29, 0.717) is 6.04 Å². The molecule has 19 heavy (non-hydrogen) atoms. The van der Waals surface area contributed by atoms with Crippen molar-refractivity contribution in [1.29, 1.82) is 0 Å². The van der Waals surface area contributed by atoms with Crippen LogP contribution >= 0.6 is 31.9 Å². The molecule has 3 nitrogen and oxygen atoms in total. The van der Waals surface area contributed by atoms with Crippen LogP contribution in [0.15, 0.2) is 21.2 Å². The van der Waals surface area contributed by atoms with Crippen LogP contribution in [0.5, 0.6) is 0 Å². The molecule has 0 bridgehead atoms. The van der Waals surface area contributed by atoms with E-state index in [2.05, 4.69) is 54.0 Å². The second kappa shape index (κ2) is 7.72. The molecule has 1 aromatic rings. The number of nitrogens with zero attached hydrogens (tertiary/aromatic N) is 2. The molecule has 1 saturated heterocycles. The van der Waals surface area contributed by atoms with Gasteiger partial charge in [-0.1, -0.05) is 6.42 Å². The fourth-order valence-corrected chi connectivity index (χ4v) is 3.57. The third kappa shape index (κ3) is 5.14. The summed E-state index contributed by atoms with van der Waals surface area (Å²) in [6.07, 6.45) is 5.95. The van der Waals surface area contributed by atoms with Gasteiger partial charge in [0.2, 0.25) is 0 Å². The number of rotatable bonds is 5. The summed E-state index contributed by atoms with van der Waals surface area (Å²) in [5.41, 5.74) is 1.06. The molecule has 1 aliphatic rings. The maximum Gasteiger partial charge on any atom is 0.0684 e. The number of nitrogens with one attached hydrogen (secondary N) is 1. The van der Waals surface area contributed by atoms with E-state index in [-0.39, 0.29) is 0 Å². The molecule has 1 aliphatic heterocycles. The van der Waals surface area contributed by atoms with Crippen LogP contribution < -0.4 is 5.32 Å². The zero-order valence-corrected chi connectivity index (χ0v) is 14.5. The lowest BCUT2D eigenvalue weighted by Gasteiger charge is -2.29. The van der Waals surface area contributed by atoms with E-state index in [1.165, 1.54) is 32.4 Å². The van der Waals surface area contributed by atoms with E-state index in [1.807, 2.05) is 12.3 Å². The monoisotopic (exact) mass is 389 g/mol. The van der Waals surface area contributed by atoms with Gasteiger partial charge < -0.3 is 10.2 Å². The first-order valence-electron chi connectivity index (χ1n) is 6.91. The van der Waals surface area contributed by atoms with Gasteiger partial charge in [0.25, 0.3) is 0 Å². The van der Waals surface area contributed by atoms with Crippen LogP contribution in [0.3, 0.4) is 0 Å². The number of hydrogen-bond acceptors (Lipinski definition) is 3. The summed E-state index contributed by atoms with van der Waals surface area (Å²) < 4.78 is 2.06. The van der Waals surface area contributed by atoms with E-state index < -0.39 is 0 Å². The first-order valence-corrected chi connectivity index (χ1v) is 8.49. The highest BCUT2D eigenvalue weighted by Crippen LogP contribution is 2.19. The van der Waals surface area contributed by atoms with Gasteiger partial charge in [-0.05, 0) is 70.8 Å². The van der Waals surface area contributed by atoms with Gasteiger partial charge in [-0.2, -0.15) is 0 Å². The van der Waals surface area contributed by atoms with Crippen molar-refractivity contribution in [2.45, 2.75) is 38.8 Å². The Hall–Kier alpha value is 0.0300. The highest BCUT2D eigenvalue weighted by molar-refractivity contribution is 9.11. The van der Waals surface area contributed by atoms with Crippen LogP contribution in [0.2, 0.25) is 0 Å². The third-order valence-electron chi connectivity index (χ3n) is 3.48. The third-order valence-corrected chi connectivity index (χ3v) is 4.60. The molecule has 2 heterocycles. The maximum atomic E-state index is 4.43. The smallest absolute Gasteiger partial charge is 0.0684 e. The summed E-state index contributed by atoms with van der Waals surface area (Å²) in [6, 6.07) is 2.54. The number of aromatic nitrogens is 1. The molecule has 1 aromatic heterocycles. The quantitative estimate of drug-likeness (QED) is 0.832. The highest BCUT2D eigenvalue weighted by atomic mass is 79.9. The Morgan fingerprint density at radius 1 is 1.32 bits per heavy atom. The number of hydrogen-bond donors (Lipinski definition) is 1. The van der Waals surface area contributed by atoms with Crippen LogP contribution in [-0.4, -0.2) is 35.6 Å². The Morgan fingerprint density at radius 3 is 2.74 bits per heavy atom. The van der Waals surface area contributed by atoms with Gasteiger partial charge in [-0.25, -0.2) is 0 Å². The predicted octanol–water partition coefficient (Wildman–Crippen LogP) is 3.57. The minimum absolute atomic E-state index is 0.496. The molecule has 5 heteroatoms. The van der Waals surface area contributed by atoms with Crippen molar-refractivity contribution < 1.29 is 0 Å². The van der Waals surface area contributed by atoms with Crippen molar-refractivity contribution in [3.8, 4) is 0 Å². The summed E-state index contributed by atoms with van der Waals surface area (Å²) in [6.45, 7) is 6.71. The average Bonchev–Trinajstić information content (AvgIpc) is 2.39. The molecule has 1 unspecified atom stereocenters. The average molecular weight is 391 g/mol. The van der Waals surface area contributed by atoms with Crippen molar-refractivity contribution >= 4 is 31.9 Å². The number of halogens is 2. The van der Waals surface area contributed by atoms with E-state index in [9.17, 15) is 0 Å². The molecule has 1 atom stereocenters.